The van der Waals surface area contributed by atoms with E-state index < -0.39 is 22.0 Å². The lowest BCUT2D eigenvalue weighted by Crippen LogP contribution is -2.43. The molecule has 3 aromatic carbocycles. The molecule has 7 heteroatoms. The Morgan fingerprint density at radius 1 is 1.07 bits per heavy atom. The zero-order chi connectivity index (χ0) is 19.2. The van der Waals surface area contributed by atoms with E-state index in [-0.39, 0.29) is 4.90 Å². The van der Waals surface area contributed by atoms with Gasteiger partial charge in [-0.25, -0.2) is 8.42 Å². The molecule has 0 saturated carbocycles. The van der Waals surface area contributed by atoms with E-state index in [4.69, 9.17) is 4.74 Å². The zero-order valence-corrected chi connectivity index (χ0v) is 15.7. The van der Waals surface area contributed by atoms with Crippen molar-refractivity contribution >= 4 is 38.1 Å². The van der Waals surface area contributed by atoms with Gasteiger partial charge in [0.15, 0.2) is 0 Å². The van der Waals surface area contributed by atoms with Crippen LogP contribution < -0.4 is 14.4 Å². The lowest BCUT2D eigenvalue weighted by molar-refractivity contribution is -0.116. The van der Waals surface area contributed by atoms with E-state index in [9.17, 15) is 13.2 Å². The minimum absolute atomic E-state index is 0.233. The number of anilines is 2. The first-order valence-electron chi connectivity index (χ1n) is 8.44. The Kier molecular flexibility index (Phi) is 4.04. The van der Waals surface area contributed by atoms with Crippen molar-refractivity contribution in [3.63, 3.8) is 0 Å². The first-order chi connectivity index (χ1) is 12.9. The molecule has 0 aromatic heterocycles. The highest BCUT2D eigenvalue weighted by Gasteiger charge is 2.40. The Morgan fingerprint density at radius 2 is 1.78 bits per heavy atom. The number of methoxy groups -OCH3 is 1. The van der Waals surface area contributed by atoms with Gasteiger partial charge in [0, 0.05) is 17.1 Å². The number of hydrogen-bond donors (Lipinski definition) is 1. The molecule has 138 valence electrons. The maximum Gasteiger partial charge on any atom is 0.265 e. The van der Waals surface area contributed by atoms with Gasteiger partial charge >= 0.3 is 0 Å². The summed E-state index contributed by atoms with van der Waals surface area (Å²) in [4.78, 5) is 13.0. The molecule has 6 nitrogen and oxygen atoms in total. The second-order valence-corrected chi connectivity index (χ2v) is 8.11. The van der Waals surface area contributed by atoms with Gasteiger partial charge in [-0.15, -0.1) is 0 Å². The maximum atomic E-state index is 13.1. The van der Waals surface area contributed by atoms with Crippen LogP contribution in [0.15, 0.2) is 65.6 Å². The van der Waals surface area contributed by atoms with Crippen LogP contribution in [0.1, 0.15) is 6.92 Å². The molecule has 0 aliphatic carbocycles. The Labute approximate surface area is 157 Å². The highest BCUT2D eigenvalue weighted by molar-refractivity contribution is 7.93. The Balaban J connectivity index is 1.71. The van der Waals surface area contributed by atoms with E-state index in [1.54, 1.807) is 55.5 Å². The predicted molar refractivity (Wildman–Crippen MR) is 105 cm³/mol. The van der Waals surface area contributed by atoms with Crippen molar-refractivity contribution in [3.8, 4) is 5.75 Å². The van der Waals surface area contributed by atoms with E-state index in [2.05, 4.69) is 5.32 Å². The predicted octanol–water partition coefficient (Wildman–Crippen LogP) is 3.38. The quantitative estimate of drug-likeness (QED) is 0.751. The van der Waals surface area contributed by atoms with E-state index in [1.165, 1.54) is 11.4 Å². The van der Waals surface area contributed by atoms with E-state index >= 15 is 0 Å². The van der Waals surface area contributed by atoms with Crippen LogP contribution in [0, 0.1) is 0 Å². The van der Waals surface area contributed by atoms with Gasteiger partial charge in [-0.3, -0.25) is 9.10 Å². The topological polar surface area (TPSA) is 75.7 Å². The average molecular weight is 382 g/mol. The van der Waals surface area contributed by atoms with Crippen LogP contribution in [0.25, 0.3) is 10.8 Å². The molecule has 0 radical (unpaired) electrons. The Hall–Kier alpha value is -3.06. The summed E-state index contributed by atoms with van der Waals surface area (Å²) >= 11 is 0. The number of benzene rings is 3. The molecular formula is C20H18N2O4S. The van der Waals surface area contributed by atoms with Gasteiger partial charge in [-0.1, -0.05) is 30.3 Å². The third-order valence-electron chi connectivity index (χ3n) is 4.69. The number of carbonyl (C=O) groups excluding carboxylic acids is 1. The molecule has 1 aliphatic rings. The molecule has 27 heavy (non-hydrogen) atoms. The summed E-state index contributed by atoms with van der Waals surface area (Å²) in [6.45, 7) is 1.58. The van der Waals surface area contributed by atoms with Gasteiger partial charge < -0.3 is 10.1 Å². The van der Waals surface area contributed by atoms with Crippen molar-refractivity contribution in [2.45, 2.75) is 17.9 Å². The number of sulfonamides is 1. The Bertz CT molecular complexity index is 1150. The van der Waals surface area contributed by atoms with Crippen molar-refractivity contribution in [2.24, 2.45) is 0 Å². The molecule has 1 unspecified atom stereocenters. The number of nitrogens with one attached hydrogen (secondary N) is 1. The van der Waals surface area contributed by atoms with Gasteiger partial charge in [-0.05, 0) is 36.6 Å². The number of rotatable bonds is 4. The van der Waals surface area contributed by atoms with Crippen LogP contribution in [0.3, 0.4) is 0 Å². The smallest absolute Gasteiger partial charge is 0.265 e. The molecule has 4 rings (SSSR count). The first kappa shape index (κ1) is 17.4. The highest BCUT2D eigenvalue weighted by Crippen LogP contribution is 2.43. The number of hydrogen-bond acceptors (Lipinski definition) is 4. The molecule has 1 aliphatic heterocycles. The summed E-state index contributed by atoms with van der Waals surface area (Å²) in [6.07, 6.45) is 0. The second-order valence-electron chi connectivity index (χ2n) is 6.33. The molecule has 1 N–H and O–H groups in total. The summed E-state index contributed by atoms with van der Waals surface area (Å²) in [5.74, 6) is 0.183. The normalized spacial score (nSPS) is 15.6. The number of ether oxygens (including phenoxy) is 1. The highest BCUT2D eigenvalue weighted by atomic mass is 32.2. The third-order valence-corrected chi connectivity index (χ3v) is 6.61. The molecule has 0 bridgehead atoms. The van der Waals surface area contributed by atoms with E-state index in [0.717, 1.165) is 5.39 Å². The fraction of sp³-hybridized carbons (Fsp3) is 0.150. The minimum Gasteiger partial charge on any atom is -0.497 e. The summed E-state index contributed by atoms with van der Waals surface area (Å²) in [7, 11) is -2.26. The molecule has 1 heterocycles. The summed E-state index contributed by atoms with van der Waals surface area (Å²) in [5.41, 5.74) is 1.06. The summed E-state index contributed by atoms with van der Waals surface area (Å²) < 4.78 is 32.5. The third kappa shape index (κ3) is 2.71. The van der Waals surface area contributed by atoms with E-state index in [0.29, 0.717) is 22.5 Å². The number of carbonyl (C=O) groups is 1. The van der Waals surface area contributed by atoms with Gasteiger partial charge in [0.1, 0.15) is 11.8 Å². The van der Waals surface area contributed by atoms with Crippen molar-refractivity contribution < 1.29 is 17.9 Å². The summed E-state index contributed by atoms with van der Waals surface area (Å²) in [6, 6.07) is 16.5. The van der Waals surface area contributed by atoms with Crippen LogP contribution >= 0.6 is 0 Å². The largest absolute Gasteiger partial charge is 0.497 e. The zero-order valence-electron chi connectivity index (χ0n) is 14.8. The van der Waals surface area contributed by atoms with Crippen molar-refractivity contribution in [1.82, 2.24) is 0 Å². The molecule has 1 atom stereocenters. The average Bonchev–Trinajstić information content (AvgIpc) is 2.90. The summed E-state index contributed by atoms with van der Waals surface area (Å²) in [5, 5.41) is 4.25. The van der Waals surface area contributed by atoms with Gasteiger partial charge in [0.25, 0.3) is 10.0 Å². The number of amides is 1. The van der Waals surface area contributed by atoms with Crippen molar-refractivity contribution in [3.05, 3.63) is 60.7 Å². The van der Waals surface area contributed by atoms with E-state index in [1.807, 2.05) is 12.1 Å². The lowest BCUT2D eigenvalue weighted by Gasteiger charge is -2.25. The van der Waals surface area contributed by atoms with Crippen LogP contribution in [-0.2, 0) is 14.8 Å². The fourth-order valence-electron chi connectivity index (χ4n) is 3.39. The van der Waals surface area contributed by atoms with Crippen molar-refractivity contribution in [1.29, 1.82) is 0 Å². The van der Waals surface area contributed by atoms with Crippen LogP contribution in [0.4, 0.5) is 11.4 Å². The molecule has 3 aromatic rings. The molecule has 0 saturated heterocycles. The molecule has 0 fully saturated rings. The Morgan fingerprint density at radius 3 is 2.52 bits per heavy atom. The molecule has 1 amide bonds. The van der Waals surface area contributed by atoms with Gasteiger partial charge in [0.05, 0.1) is 17.7 Å². The second kappa shape index (κ2) is 6.28. The van der Waals surface area contributed by atoms with Crippen LogP contribution in [0.2, 0.25) is 0 Å². The van der Waals surface area contributed by atoms with Crippen molar-refractivity contribution in [2.75, 3.05) is 16.7 Å². The van der Waals surface area contributed by atoms with Gasteiger partial charge in [0.2, 0.25) is 5.91 Å². The SMILES string of the molecule is COc1cccc(NC(=O)C(C)N2c3cccc4cccc(c34)S2(=O)=O)c1. The fourth-order valence-corrected chi connectivity index (χ4v) is 5.26. The first-order valence-corrected chi connectivity index (χ1v) is 9.88. The monoisotopic (exact) mass is 382 g/mol. The minimum atomic E-state index is -3.80. The van der Waals surface area contributed by atoms with Gasteiger partial charge in [-0.2, -0.15) is 0 Å². The lowest BCUT2D eigenvalue weighted by atomic mass is 10.1. The standard InChI is InChI=1S/C20H18N2O4S/c1-13(20(23)21-15-8-5-9-16(12-15)26-2)22-17-10-3-6-14-7-4-11-18(19(14)17)27(22,24)25/h3-13H,1-2H3,(H,21,23). The maximum absolute atomic E-state index is 13.1. The molecule has 0 spiro atoms. The molecular weight excluding hydrogens is 364 g/mol. The van der Waals surface area contributed by atoms with Crippen LogP contribution in [-0.4, -0.2) is 27.5 Å². The van der Waals surface area contributed by atoms with Crippen LogP contribution in [0.5, 0.6) is 5.75 Å². The number of nitrogens with zero attached hydrogens (tertiary/aromatic N) is 1.